The number of anilines is 1. The summed E-state index contributed by atoms with van der Waals surface area (Å²) in [5, 5.41) is 10.2. The zero-order valence-electron chi connectivity index (χ0n) is 11.5. The van der Waals surface area contributed by atoms with Crippen LogP contribution < -0.4 is 11.4 Å². The molecule has 0 unspecified atom stereocenters. The van der Waals surface area contributed by atoms with Crippen molar-refractivity contribution in [3.8, 4) is 0 Å². The average molecular weight is 324 g/mol. The fraction of sp³-hybridized carbons (Fsp3) is 0.667. The zero-order chi connectivity index (χ0) is 15.9. The number of aromatic nitrogens is 2. The second-order valence-corrected chi connectivity index (χ2v) is 5.47. The second-order valence-electron chi connectivity index (χ2n) is 5.06. The van der Waals surface area contributed by atoms with Gasteiger partial charge in [0.1, 0.15) is 17.5 Å². The van der Waals surface area contributed by atoms with Crippen LogP contribution in [0.3, 0.4) is 0 Å². The van der Waals surface area contributed by atoms with Crippen molar-refractivity contribution in [2.45, 2.75) is 44.6 Å². The summed E-state index contributed by atoms with van der Waals surface area (Å²) in [5.74, 6) is -1.04. The first-order chi connectivity index (χ1) is 9.74. The maximum absolute atomic E-state index is 13.4. The third-order valence-corrected chi connectivity index (χ3v) is 4.34. The molecule has 2 heterocycles. The first-order valence-corrected chi connectivity index (χ1v) is 6.80. The summed E-state index contributed by atoms with van der Waals surface area (Å²) in [6.07, 6.45) is -4.26. The SMILES string of the molecule is CC[C@@]1(C(F)F)O[C@@H](n2cc(Cl)c(N)nc2=O)[C@H](O)[C@@H]1C. The minimum atomic E-state index is -2.80. The minimum Gasteiger partial charge on any atom is -0.388 e. The van der Waals surface area contributed by atoms with E-state index in [4.69, 9.17) is 22.1 Å². The molecule has 6 nitrogen and oxygen atoms in total. The lowest BCUT2D eigenvalue weighted by molar-refractivity contribution is -0.166. The van der Waals surface area contributed by atoms with E-state index in [0.717, 1.165) is 10.8 Å². The van der Waals surface area contributed by atoms with Gasteiger partial charge in [0.15, 0.2) is 6.23 Å². The Labute approximate surface area is 124 Å². The van der Waals surface area contributed by atoms with E-state index in [1.165, 1.54) is 13.8 Å². The summed E-state index contributed by atoms with van der Waals surface area (Å²) in [7, 11) is 0. The molecule has 0 amide bonds. The molecule has 0 aliphatic carbocycles. The molecule has 21 heavy (non-hydrogen) atoms. The average Bonchev–Trinajstić information content (AvgIpc) is 2.68. The van der Waals surface area contributed by atoms with Gasteiger partial charge in [0, 0.05) is 12.1 Å². The molecule has 1 fully saturated rings. The van der Waals surface area contributed by atoms with E-state index >= 15 is 0 Å². The molecule has 0 bridgehead atoms. The lowest BCUT2D eigenvalue weighted by Crippen LogP contribution is -2.43. The first kappa shape index (κ1) is 16.1. The molecule has 1 aromatic rings. The van der Waals surface area contributed by atoms with Crippen molar-refractivity contribution in [1.82, 2.24) is 9.55 Å². The fourth-order valence-corrected chi connectivity index (χ4v) is 2.76. The Morgan fingerprint density at radius 2 is 2.29 bits per heavy atom. The maximum Gasteiger partial charge on any atom is 0.351 e. The van der Waals surface area contributed by atoms with Crippen LogP contribution in [0.15, 0.2) is 11.0 Å². The molecule has 2 rings (SSSR count). The molecule has 1 saturated heterocycles. The van der Waals surface area contributed by atoms with Crippen molar-refractivity contribution in [2.24, 2.45) is 5.92 Å². The summed E-state index contributed by atoms with van der Waals surface area (Å²) in [4.78, 5) is 15.3. The molecular weight excluding hydrogens is 308 g/mol. The molecule has 9 heteroatoms. The van der Waals surface area contributed by atoms with Crippen molar-refractivity contribution >= 4 is 17.4 Å². The lowest BCUT2D eigenvalue weighted by Gasteiger charge is -2.30. The minimum absolute atomic E-state index is 0.00965. The molecule has 3 N–H and O–H groups in total. The number of halogens is 3. The number of hydrogen-bond donors (Lipinski definition) is 2. The third kappa shape index (κ3) is 2.41. The topological polar surface area (TPSA) is 90.4 Å². The van der Waals surface area contributed by atoms with Crippen LogP contribution in [-0.2, 0) is 4.74 Å². The number of alkyl halides is 2. The van der Waals surface area contributed by atoms with E-state index in [0.29, 0.717) is 0 Å². The fourth-order valence-electron chi connectivity index (χ4n) is 2.61. The Morgan fingerprint density at radius 1 is 1.67 bits per heavy atom. The van der Waals surface area contributed by atoms with Gasteiger partial charge in [-0.05, 0) is 6.42 Å². The maximum atomic E-state index is 13.4. The van der Waals surface area contributed by atoms with Gasteiger partial charge in [-0.15, -0.1) is 0 Å². The van der Waals surface area contributed by atoms with E-state index in [1.807, 2.05) is 0 Å². The number of hydrogen-bond acceptors (Lipinski definition) is 5. The number of ether oxygens (including phenoxy) is 1. The standard InChI is InChI=1S/C12H16ClF2N3O3/c1-3-12(10(14)15)5(2)7(19)9(21-12)18-4-6(13)8(16)17-11(18)20/h4-5,7,9-10,19H,3H2,1-2H3,(H2,16,17,20)/t5-,7+,9+,12+/m0/s1. The van der Waals surface area contributed by atoms with Crippen LogP contribution in [0.5, 0.6) is 0 Å². The number of nitrogens with two attached hydrogens (primary N) is 1. The van der Waals surface area contributed by atoms with Gasteiger partial charge in [-0.2, -0.15) is 4.98 Å². The van der Waals surface area contributed by atoms with Crippen LogP contribution in [0.4, 0.5) is 14.6 Å². The van der Waals surface area contributed by atoms with Gasteiger partial charge in [0.25, 0.3) is 6.43 Å². The van der Waals surface area contributed by atoms with E-state index in [2.05, 4.69) is 4.98 Å². The molecule has 0 saturated carbocycles. The highest BCUT2D eigenvalue weighted by Gasteiger charge is 2.57. The predicted octanol–water partition coefficient (Wildman–Crippen LogP) is 1.42. The van der Waals surface area contributed by atoms with Gasteiger partial charge in [-0.25, -0.2) is 13.6 Å². The smallest absolute Gasteiger partial charge is 0.351 e. The van der Waals surface area contributed by atoms with Gasteiger partial charge in [-0.3, -0.25) is 4.57 Å². The Balaban J connectivity index is 2.47. The highest BCUT2D eigenvalue weighted by molar-refractivity contribution is 6.32. The Kier molecular flexibility index (Phi) is 4.23. The van der Waals surface area contributed by atoms with E-state index < -0.39 is 36.0 Å². The van der Waals surface area contributed by atoms with Crippen molar-refractivity contribution in [1.29, 1.82) is 0 Å². The van der Waals surface area contributed by atoms with Gasteiger partial charge in [-0.1, -0.05) is 25.4 Å². The van der Waals surface area contributed by atoms with Crippen molar-refractivity contribution in [2.75, 3.05) is 5.73 Å². The Hall–Kier alpha value is -1.25. The third-order valence-electron chi connectivity index (χ3n) is 4.05. The molecule has 1 aliphatic rings. The van der Waals surface area contributed by atoms with Crippen LogP contribution in [0, 0.1) is 5.92 Å². The molecule has 118 valence electrons. The van der Waals surface area contributed by atoms with Crippen molar-refractivity contribution in [3.05, 3.63) is 21.7 Å². The van der Waals surface area contributed by atoms with Crippen LogP contribution in [0.2, 0.25) is 5.02 Å². The zero-order valence-corrected chi connectivity index (χ0v) is 12.2. The van der Waals surface area contributed by atoms with Gasteiger partial charge in [0.05, 0.1) is 5.02 Å². The van der Waals surface area contributed by atoms with Crippen LogP contribution >= 0.6 is 11.6 Å². The van der Waals surface area contributed by atoms with Crippen molar-refractivity contribution < 1.29 is 18.6 Å². The molecule has 1 aliphatic heterocycles. The van der Waals surface area contributed by atoms with Crippen LogP contribution in [0.1, 0.15) is 26.5 Å². The van der Waals surface area contributed by atoms with Crippen LogP contribution in [0.25, 0.3) is 0 Å². The lowest BCUT2D eigenvalue weighted by atomic mass is 9.85. The number of nitrogen functional groups attached to an aromatic ring is 1. The van der Waals surface area contributed by atoms with Gasteiger partial charge >= 0.3 is 5.69 Å². The number of rotatable bonds is 3. The van der Waals surface area contributed by atoms with Crippen molar-refractivity contribution in [3.63, 3.8) is 0 Å². The molecular formula is C12H16ClF2N3O3. The second kappa shape index (κ2) is 5.51. The number of aliphatic hydroxyl groups is 1. The molecule has 4 atom stereocenters. The predicted molar refractivity (Wildman–Crippen MR) is 72.2 cm³/mol. The monoisotopic (exact) mass is 323 g/mol. The number of nitrogens with zero attached hydrogens (tertiary/aromatic N) is 2. The molecule has 0 spiro atoms. The highest BCUT2D eigenvalue weighted by Crippen LogP contribution is 2.46. The van der Waals surface area contributed by atoms with E-state index in [-0.39, 0.29) is 17.3 Å². The summed E-state index contributed by atoms with van der Waals surface area (Å²) in [6, 6.07) is 0. The summed E-state index contributed by atoms with van der Waals surface area (Å²) in [5.41, 5.74) is 2.75. The van der Waals surface area contributed by atoms with Gasteiger partial charge < -0.3 is 15.6 Å². The first-order valence-electron chi connectivity index (χ1n) is 6.42. The summed E-state index contributed by atoms with van der Waals surface area (Å²) >= 11 is 5.78. The van der Waals surface area contributed by atoms with E-state index in [1.54, 1.807) is 0 Å². The number of aliphatic hydroxyl groups excluding tert-OH is 1. The van der Waals surface area contributed by atoms with E-state index in [9.17, 15) is 18.7 Å². The summed E-state index contributed by atoms with van der Waals surface area (Å²) < 4.78 is 33.0. The quantitative estimate of drug-likeness (QED) is 0.878. The molecule has 0 aromatic carbocycles. The van der Waals surface area contributed by atoms with Crippen LogP contribution in [-0.4, -0.2) is 32.8 Å². The van der Waals surface area contributed by atoms with Gasteiger partial charge in [0.2, 0.25) is 0 Å². The normalized spacial score (nSPS) is 32.8. The Morgan fingerprint density at radius 3 is 2.76 bits per heavy atom. The molecule has 0 radical (unpaired) electrons. The Bertz CT molecular complexity index is 598. The largest absolute Gasteiger partial charge is 0.388 e. The highest BCUT2D eigenvalue weighted by atomic mass is 35.5. The molecule has 1 aromatic heterocycles. The summed E-state index contributed by atoms with van der Waals surface area (Å²) in [6.45, 7) is 2.99.